The largest absolute Gasteiger partial charge is 0.497 e. The average molecular weight is 418 g/mol. The van der Waals surface area contributed by atoms with Crippen molar-refractivity contribution >= 4 is 21.7 Å². The topological polar surface area (TPSA) is 78.9 Å². The maximum absolute atomic E-state index is 12.9. The van der Waals surface area contributed by atoms with Gasteiger partial charge in [0, 0.05) is 45.3 Å². The lowest BCUT2D eigenvalue weighted by Crippen LogP contribution is -2.49. The van der Waals surface area contributed by atoms with Gasteiger partial charge in [0.05, 0.1) is 12.0 Å². The van der Waals surface area contributed by atoms with Crippen LogP contribution in [-0.4, -0.2) is 69.1 Å². The van der Waals surface area contributed by atoms with Crippen molar-refractivity contribution in [1.82, 2.24) is 14.3 Å². The third-order valence-electron chi connectivity index (χ3n) is 5.58. The number of methoxy groups -OCH3 is 1. The molecular formula is C20H27N5O3S. The number of anilines is 2. The molecule has 0 saturated carbocycles. The highest BCUT2D eigenvalue weighted by molar-refractivity contribution is 7.89. The fourth-order valence-corrected chi connectivity index (χ4v) is 5.28. The first-order chi connectivity index (χ1) is 14.1. The van der Waals surface area contributed by atoms with Crippen LogP contribution in [0.15, 0.2) is 41.6 Å². The summed E-state index contributed by atoms with van der Waals surface area (Å²) >= 11 is 0. The minimum Gasteiger partial charge on any atom is -0.497 e. The van der Waals surface area contributed by atoms with Crippen LogP contribution in [0.2, 0.25) is 0 Å². The number of hydrogen-bond acceptors (Lipinski definition) is 7. The summed E-state index contributed by atoms with van der Waals surface area (Å²) in [5, 5.41) is 0. The second-order valence-electron chi connectivity index (χ2n) is 7.35. The van der Waals surface area contributed by atoms with Gasteiger partial charge in [0.15, 0.2) is 0 Å². The lowest BCUT2D eigenvalue weighted by molar-refractivity contribution is 0.383. The van der Waals surface area contributed by atoms with Crippen LogP contribution < -0.4 is 14.5 Å². The molecule has 2 aliphatic rings. The summed E-state index contributed by atoms with van der Waals surface area (Å²) < 4.78 is 32.5. The molecule has 1 aromatic carbocycles. The van der Waals surface area contributed by atoms with E-state index in [1.807, 2.05) is 6.07 Å². The molecule has 1 aromatic heterocycles. The van der Waals surface area contributed by atoms with Crippen molar-refractivity contribution in [2.24, 2.45) is 0 Å². The Hall–Kier alpha value is -2.39. The normalized spacial score (nSPS) is 18.7. The first kappa shape index (κ1) is 19.9. The van der Waals surface area contributed by atoms with Crippen molar-refractivity contribution in [2.45, 2.75) is 24.2 Å². The second kappa shape index (κ2) is 8.54. The molecule has 0 N–H and O–H groups in total. The zero-order valence-corrected chi connectivity index (χ0v) is 17.5. The van der Waals surface area contributed by atoms with E-state index in [0.717, 1.165) is 24.7 Å². The molecule has 0 radical (unpaired) electrons. The summed E-state index contributed by atoms with van der Waals surface area (Å²) in [6, 6.07) is 8.56. The number of nitrogens with zero attached hydrogens (tertiary/aromatic N) is 5. The molecule has 0 amide bonds. The van der Waals surface area contributed by atoms with E-state index in [9.17, 15) is 8.42 Å². The molecule has 8 nitrogen and oxygen atoms in total. The van der Waals surface area contributed by atoms with Gasteiger partial charge in [-0.15, -0.1) is 0 Å². The van der Waals surface area contributed by atoms with Crippen LogP contribution in [0.1, 0.15) is 19.3 Å². The number of aromatic nitrogens is 2. The summed E-state index contributed by atoms with van der Waals surface area (Å²) in [6.45, 7) is 4.13. The van der Waals surface area contributed by atoms with E-state index in [4.69, 9.17) is 4.74 Å². The van der Waals surface area contributed by atoms with E-state index in [0.29, 0.717) is 36.8 Å². The molecule has 0 spiro atoms. The van der Waals surface area contributed by atoms with Crippen LogP contribution >= 0.6 is 0 Å². The van der Waals surface area contributed by atoms with Crippen LogP contribution in [0.4, 0.5) is 11.6 Å². The molecule has 2 fully saturated rings. The predicted molar refractivity (Wildman–Crippen MR) is 112 cm³/mol. The molecule has 0 bridgehead atoms. The average Bonchev–Trinajstić information content (AvgIpc) is 2.80. The van der Waals surface area contributed by atoms with Crippen LogP contribution in [0, 0.1) is 0 Å². The third-order valence-corrected chi connectivity index (χ3v) is 7.49. The Balaban J connectivity index is 1.42. The minimum absolute atomic E-state index is 0.293. The van der Waals surface area contributed by atoms with Crippen molar-refractivity contribution in [3.63, 3.8) is 0 Å². The predicted octanol–water partition coefficient (Wildman–Crippen LogP) is 1.99. The molecule has 0 unspecified atom stereocenters. The van der Waals surface area contributed by atoms with Crippen molar-refractivity contribution < 1.29 is 13.2 Å². The minimum atomic E-state index is -3.51. The van der Waals surface area contributed by atoms with E-state index in [-0.39, 0.29) is 0 Å². The molecule has 0 atom stereocenters. The lowest BCUT2D eigenvalue weighted by atomic mass is 10.1. The van der Waals surface area contributed by atoms with E-state index in [1.165, 1.54) is 23.6 Å². The molecule has 2 aromatic rings. The zero-order valence-electron chi connectivity index (χ0n) is 16.7. The molecule has 2 aliphatic heterocycles. The number of hydrogen-bond donors (Lipinski definition) is 0. The van der Waals surface area contributed by atoms with Crippen LogP contribution in [-0.2, 0) is 10.0 Å². The Morgan fingerprint density at radius 3 is 2.00 bits per heavy atom. The lowest BCUT2D eigenvalue weighted by Gasteiger charge is -2.35. The van der Waals surface area contributed by atoms with Crippen molar-refractivity contribution in [1.29, 1.82) is 0 Å². The van der Waals surface area contributed by atoms with Gasteiger partial charge in [-0.2, -0.15) is 4.31 Å². The number of rotatable bonds is 5. The Morgan fingerprint density at radius 1 is 0.828 bits per heavy atom. The Labute approximate surface area is 172 Å². The van der Waals surface area contributed by atoms with Crippen molar-refractivity contribution in [3.05, 3.63) is 36.7 Å². The number of ether oxygens (including phenoxy) is 1. The summed E-state index contributed by atoms with van der Waals surface area (Å²) in [7, 11) is -1.95. The van der Waals surface area contributed by atoms with Gasteiger partial charge < -0.3 is 14.5 Å². The molecule has 4 rings (SSSR count). The SMILES string of the molecule is COc1ccc(S(=O)(=O)N2CCN(c3cc(N4CCCCC4)ncn3)CC2)cc1. The highest BCUT2D eigenvalue weighted by Crippen LogP contribution is 2.24. The quantitative estimate of drug-likeness (QED) is 0.736. The van der Waals surface area contributed by atoms with E-state index in [2.05, 4.69) is 19.8 Å². The van der Waals surface area contributed by atoms with Crippen LogP contribution in [0.3, 0.4) is 0 Å². The first-order valence-electron chi connectivity index (χ1n) is 10.0. The molecule has 0 aliphatic carbocycles. The monoisotopic (exact) mass is 417 g/mol. The van der Waals surface area contributed by atoms with Gasteiger partial charge in [-0.3, -0.25) is 0 Å². The summed E-state index contributed by atoms with van der Waals surface area (Å²) in [4.78, 5) is 13.6. The number of piperidine rings is 1. The fraction of sp³-hybridized carbons (Fsp3) is 0.500. The highest BCUT2D eigenvalue weighted by Gasteiger charge is 2.29. The number of benzene rings is 1. The molecule has 2 saturated heterocycles. The van der Waals surface area contributed by atoms with Gasteiger partial charge in [-0.25, -0.2) is 18.4 Å². The molecular weight excluding hydrogens is 390 g/mol. The van der Waals surface area contributed by atoms with E-state index in [1.54, 1.807) is 37.7 Å². The van der Waals surface area contributed by atoms with Gasteiger partial charge >= 0.3 is 0 Å². The van der Waals surface area contributed by atoms with Crippen LogP contribution in [0.5, 0.6) is 5.75 Å². The smallest absolute Gasteiger partial charge is 0.243 e. The third kappa shape index (κ3) is 4.30. The Kier molecular flexibility index (Phi) is 5.86. The van der Waals surface area contributed by atoms with Gasteiger partial charge in [0.2, 0.25) is 10.0 Å². The van der Waals surface area contributed by atoms with Crippen molar-refractivity contribution in [3.8, 4) is 5.75 Å². The first-order valence-corrected chi connectivity index (χ1v) is 11.5. The maximum atomic E-state index is 12.9. The molecule has 156 valence electrons. The van der Waals surface area contributed by atoms with E-state index < -0.39 is 10.0 Å². The van der Waals surface area contributed by atoms with Gasteiger partial charge in [-0.05, 0) is 43.5 Å². The van der Waals surface area contributed by atoms with Crippen molar-refractivity contribution in [2.75, 3.05) is 56.2 Å². The molecule has 29 heavy (non-hydrogen) atoms. The van der Waals surface area contributed by atoms with Gasteiger partial charge in [0.25, 0.3) is 0 Å². The van der Waals surface area contributed by atoms with Gasteiger partial charge in [0.1, 0.15) is 23.7 Å². The summed E-state index contributed by atoms with van der Waals surface area (Å²) in [5.74, 6) is 2.46. The highest BCUT2D eigenvalue weighted by atomic mass is 32.2. The Bertz CT molecular complexity index is 921. The van der Waals surface area contributed by atoms with E-state index >= 15 is 0 Å². The number of sulfonamides is 1. The molecule has 9 heteroatoms. The maximum Gasteiger partial charge on any atom is 0.243 e. The van der Waals surface area contributed by atoms with Gasteiger partial charge in [-0.1, -0.05) is 0 Å². The second-order valence-corrected chi connectivity index (χ2v) is 9.29. The van der Waals surface area contributed by atoms with Crippen LogP contribution in [0.25, 0.3) is 0 Å². The Morgan fingerprint density at radius 2 is 1.41 bits per heavy atom. The standard InChI is InChI=1S/C20H27N5O3S/c1-28-17-5-7-18(8-6-17)29(26,27)25-13-11-24(12-14-25)20-15-19(21-16-22-20)23-9-3-2-4-10-23/h5-8,15-16H,2-4,9-14H2,1H3. The summed E-state index contributed by atoms with van der Waals surface area (Å²) in [6.07, 6.45) is 5.28. The molecule has 3 heterocycles. The zero-order chi connectivity index (χ0) is 20.3. The number of piperazine rings is 1. The summed E-state index contributed by atoms with van der Waals surface area (Å²) in [5.41, 5.74) is 0. The fourth-order valence-electron chi connectivity index (χ4n) is 3.86.